The van der Waals surface area contributed by atoms with Crippen molar-refractivity contribution in [1.82, 2.24) is 9.88 Å². The molecule has 1 amide bonds. The molecule has 2 aliphatic heterocycles. The molecule has 1 aromatic carbocycles. The number of benzene rings is 1. The Labute approximate surface area is 187 Å². The summed E-state index contributed by atoms with van der Waals surface area (Å²) in [5, 5.41) is 20.7. The van der Waals surface area contributed by atoms with Gasteiger partial charge in [-0.15, -0.1) is 0 Å². The van der Waals surface area contributed by atoms with Crippen LogP contribution in [-0.2, 0) is 0 Å². The van der Waals surface area contributed by atoms with E-state index >= 15 is 0 Å². The molecule has 1 saturated carbocycles. The van der Waals surface area contributed by atoms with Crippen molar-refractivity contribution in [2.45, 2.75) is 43.7 Å². The first kappa shape index (κ1) is 20.2. The Balaban J connectivity index is 1.39. The highest BCUT2D eigenvalue weighted by atomic mass is 16.2. The first-order valence-corrected chi connectivity index (χ1v) is 11.0. The van der Waals surface area contributed by atoms with Crippen molar-refractivity contribution >= 4 is 29.8 Å². The number of piperazine rings is 1. The minimum absolute atomic E-state index is 0.0177. The van der Waals surface area contributed by atoms with Crippen LogP contribution in [0.1, 0.15) is 53.1 Å². The number of nitrogens with zero attached hydrogens (tertiary/aromatic N) is 5. The number of hydrogen-bond donors (Lipinski definition) is 2. The van der Waals surface area contributed by atoms with Crippen molar-refractivity contribution in [3.8, 4) is 6.07 Å². The molecule has 2 saturated heterocycles. The molecular weight excluding hydrogens is 402 g/mol. The summed E-state index contributed by atoms with van der Waals surface area (Å²) in [7, 11) is 0. The summed E-state index contributed by atoms with van der Waals surface area (Å²) < 4.78 is 0. The maximum absolute atomic E-state index is 13.4. The molecule has 8 heteroatoms. The molecule has 2 unspecified atom stereocenters. The number of para-hydroxylation sites is 1. The molecule has 0 radical (unpaired) electrons. The normalized spacial score (nSPS) is 22.1. The zero-order valence-corrected chi connectivity index (χ0v) is 17.7. The Hall–Kier alpha value is -3.73. The van der Waals surface area contributed by atoms with E-state index in [2.05, 4.69) is 21.5 Å². The van der Waals surface area contributed by atoms with Gasteiger partial charge in [-0.3, -0.25) is 10.2 Å². The monoisotopic (exact) mass is 427 g/mol. The Bertz CT molecular complexity index is 1100. The zero-order chi connectivity index (χ0) is 22.1. The summed E-state index contributed by atoms with van der Waals surface area (Å²) in [6, 6.07) is 11.9. The van der Waals surface area contributed by atoms with Gasteiger partial charge in [-0.05, 0) is 49.8 Å². The molecule has 0 spiro atoms. The van der Waals surface area contributed by atoms with E-state index in [1.165, 1.54) is 6.21 Å². The Morgan fingerprint density at radius 1 is 1.19 bits per heavy atom. The minimum Gasteiger partial charge on any atom is -0.347 e. The third kappa shape index (κ3) is 3.60. The van der Waals surface area contributed by atoms with Gasteiger partial charge in [0.15, 0.2) is 0 Å². The molecule has 3 fully saturated rings. The van der Waals surface area contributed by atoms with E-state index < -0.39 is 0 Å². The molecule has 3 aliphatic rings. The molecular formula is C24H25N7O. The minimum atomic E-state index is -0.0177. The summed E-state index contributed by atoms with van der Waals surface area (Å²) in [6.45, 7) is 1.27. The smallest absolute Gasteiger partial charge is 0.256 e. The Kier molecular flexibility index (Phi) is 5.31. The third-order valence-corrected chi connectivity index (χ3v) is 6.58. The molecule has 1 aromatic heterocycles. The highest BCUT2D eigenvalue weighted by molar-refractivity contribution is 6.14. The average molecular weight is 428 g/mol. The Morgan fingerprint density at radius 2 is 1.94 bits per heavy atom. The molecule has 2 bridgehead atoms. The van der Waals surface area contributed by atoms with Crippen LogP contribution in [0.5, 0.6) is 0 Å². The van der Waals surface area contributed by atoms with Crippen LogP contribution in [0.2, 0.25) is 0 Å². The number of nitriles is 1. The maximum Gasteiger partial charge on any atom is 0.256 e. The lowest BCUT2D eigenvalue weighted by Gasteiger charge is -2.42. The van der Waals surface area contributed by atoms with Gasteiger partial charge in [-0.2, -0.15) is 10.4 Å². The van der Waals surface area contributed by atoms with Gasteiger partial charge in [0.25, 0.3) is 5.91 Å². The van der Waals surface area contributed by atoms with Crippen LogP contribution in [0.3, 0.4) is 0 Å². The first-order valence-electron chi connectivity index (χ1n) is 11.0. The lowest BCUT2D eigenvalue weighted by Crippen LogP contribution is -2.56. The molecule has 8 nitrogen and oxygen atoms in total. The van der Waals surface area contributed by atoms with E-state index in [0.29, 0.717) is 30.3 Å². The second-order valence-electron chi connectivity index (χ2n) is 8.59. The number of pyridine rings is 1. The topological polar surface area (TPSA) is 108 Å². The van der Waals surface area contributed by atoms with E-state index in [1.54, 1.807) is 6.20 Å². The van der Waals surface area contributed by atoms with Crippen molar-refractivity contribution < 1.29 is 4.79 Å². The predicted molar refractivity (Wildman–Crippen MR) is 123 cm³/mol. The highest BCUT2D eigenvalue weighted by Crippen LogP contribution is 2.47. The van der Waals surface area contributed by atoms with Crippen LogP contribution in [0.15, 0.2) is 41.6 Å². The number of rotatable bonds is 6. The lowest BCUT2D eigenvalue weighted by molar-refractivity contribution is 0.0718. The number of fused-ring (bicyclic) bond motifs is 2. The molecule has 2 N–H and O–H groups in total. The molecule has 2 atom stereocenters. The second kappa shape index (κ2) is 8.42. The summed E-state index contributed by atoms with van der Waals surface area (Å²) in [6.07, 6.45) is 8.42. The fourth-order valence-electron chi connectivity index (χ4n) is 5.04. The number of nitrogens with one attached hydrogen (secondary N) is 2. The SMILES string of the molecule is N#Cc1ccnc(N2C3CCC2CN(C(=O)c2ccccc2N/N=C\C=N)C3)c1C1CC1. The fraction of sp³-hybridized carbons (Fsp3) is 0.375. The zero-order valence-electron chi connectivity index (χ0n) is 17.7. The molecule has 32 heavy (non-hydrogen) atoms. The van der Waals surface area contributed by atoms with Gasteiger partial charge < -0.3 is 15.2 Å². The summed E-state index contributed by atoms with van der Waals surface area (Å²) in [5.74, 6) is 1.37. The first-order chi connectivity index (χ1) is 15.7. The van der Waals surface area contributed by atoms with Crippen molar-refractivity contribution in [3.63, 3.8) is 0 Å². The third-order valence-electron chi connectivity index (χ3n) is 6.58. The molecule has 162 valence electrons. The van der Waals surface area contributed by atoms with Crippen LogP contribution < -0.4 is 10.3 Å². The summed E-state index contributed by atoms with van der Waals surface area (Å²) >= 11 is 0. The van der Waals surface area contributed by atoms with Crippen molar-refractivity contribution in [3.05, 3.63) is 53.2 Å². The van der Waals surface area contributed by atoms with Gasteiger partial charge in [0, 0.05) is 43.1 Å². The number of carbonyl (C=O) groups excluding carboxylic acids is 1. The number of hydrazone groups is 1. The molecule has 3 heterocycles. The number of likely N-dealkylation sites (tertiary alicyclic amines) is 1. The number of amides is 1. The molecule has 5 rings (SSSR count). The lowest BCUT2D eigenvalue weighted by atomic mass is 10.0. The average Bonchev–Trinajstić information content (AvgIpc) is 3.63. The van der Waals surface area contributed by atoms with E-state index in [1.807, 2.05) is 35.2 Å². The van der Waals surface area contributed by atoms with Crippen LogP contribution in [0.25, 0.3) is 0 Å². The van der Waals surface area contributed by atoms with Gasteiger partial charge in [-0.25, -0.2) is 4.98 Å². The van der Waals surface area contributed by atoms with Crippen molar-refractivity contribution in [2.24, 2.45) is 5.10 Å². The molecule has 1 aliphatic carbocycles. The van der Waals surface area contributed by atoms with Crippen LogP contribution in [-0.4, -0.2) is 53.4 Å². The summed E-state index contributed by atoms with van der Waals surface area (Å²) in [5.41, 5.74) is 5.91. The number of hydrogen-bond acceptors (Lipinski definition) is 7. The van der Waals surface area contributed by atoms with Gasteiger partial charge in [-0.1, -0.05) is 12.1 Å². The van der Waals surface area contributed by atoms with Crippen molar-refractivity contribution in [1.29, 1.82) is 10.7 Å². The quantitative estimate of drug-likeness (QED) is 0.543. The van der Waals surface area contributed by atoms with Gasteiger partial charge >= 0.3 is 0 Å². The van der Waals surface area contributed by atoms with Crippen LogP contribution >= 0.6 is 0 Å². The molecule has 2 aromatic rings. The van der Waals surface area contributed by atoms with Gasteiger partial charge in [0.1, 0.15) is 5.82 Å². The largest absolute Gasteiger partial charge is 0.347 e. The van der Waals surface area contributed by atoms with E-state index in [0.717, 1.165) is 48.8 Å². The van der Waals surface area contributed by atoms with Crippen LogP contribution in [0.4, 0.5) is 11.5 Å². The van der Waals surface area contributed by atoms with Crippen molar-refractivity contribution in [2.75, 3.05) is 23.4 Å². The van der Waals surface area contributed by atoms with E-state index in [9.17, 15) is 10.1 Å². The second-order valence-corrected chi connectivity index (χ2v) is 8.59. The van der Waals surface area contributed by atoms with E-state index in [-0.39, 0.29) is 18.0 Å². The number of aromatic nitrogens is 1. The summed E-state index contributed by atoms with van der Waals surface area (Å²) in [4.78, 5) is 22.5. The van der Waals surface area contributed by atoms with Crippen LogP contribution in [0, 0.1) is 16.7 Å². The van der Waals surface area contributed by atoms with Gasteiger partial charge in [0.05, 0.1) is 29.1 Å². The predicted octanol–water partition coefficient (Wildman–Crippen LogP) is 3.37. The maximum atomic E-state index is 13.4. The van der Waals surface area contributed by atoms with Gasteiger partial charge in [0.2, 0.25) is 0 Å². The fourth-order valence-corrected chi connectivity index (χ4v) is 5.04. The number of carbonyl (C=O) groups is 1. The highest BCUT2D eigenvalue weighted by Gasteiger charge is 2.44. The Morgan fingerprint density at radius 3 is 2.62 bits per heavy atom. The number of anilines is 2. The van der Waals surface area contributed by atoms with E-state index in [4.69, 9.17) is 10.4 Å². The standard InChI is InChI=1S/C24H25N7O/c25-10-12-28-29-21-4-2-1-3-20(21)24(32)30-14-18-7-8-19(15-30)31(18)23-22(16-5-6-16)17(13-26)9-11-27-23/h1-4,9-12,16,18-19,25,29H,5-8,14-15H2/b25-10?,28-12-.